The molecule has 0 N–H and O–H groups in total. The van der Waals surface area contributed by atoms with Gasteiger partial charge in [-0.05, 0) is 0 Å². The van der Waals surface area contributed by atoms with Gasteiger partial charge in [0.25, 0.3) is 0 Å². The van der Waals surface area contributed by atoms with Gasteiger partial charge in [-0.1, -0.05) is 35.4 Å². The van der Waals surface area contributed by atoms with Crippen molar-refractivity contribution in [2.75, 3.05) is 0 Å². The molecular formula is C7H4Cl4. The average Bonchev–Trinajstić information content (AvgIpc) is 2.32. The van der Waals surface area contributed by atoms with Gasteiger partial charge in [-0.15, -0.1) is 23.2 Å². The van der Waals surface area contributed by atoms with E-state index in [1.165, 1.54) is 0 Å². The molecule has 2 unspecified atom stereocenters. The van der Waals surface area contributed by atoms with Gasteiger partial charge >= 0.3 is 0 Å². The highest BCUT2D eigenvalue weighted by atomic mass is 35.5. The molecule has 4 heteroatoms. The van der Waals surface area contributed by atoms with Crippen molar-refractivity contribution in [3.63, 3.8) is 0 Å². The third-order valence-electron chi connectivity index (χ3n) is 2.05. The highest BCUT2D eigenvalue weighted by molar-refractivity contribution is 6.51. The zero-order chi connectivity index (χ0) is 8.28. The van der Waals surface area contributed by atoms with Crippen molar-refractivity contribution in [3.05, 3.63) is 22.2 Å². The Kier molecular flexibility index (Phi) is 1.58. The van der Waals surface area contributed by atoms with E-state index in [1.54, 1.807) is 12.2 Å². The van der Waals surface area contributed by atoms with Crippen LogP contribution in [0.15, 0.2) is 22.2 Å². The second kappa shape index (κ2) is 2.11. The SMILES string of the molecule is ClC1=C(Cl)C2(Cl)C=CC1(Cl)C2. The maximum absolute atomic E-state index is 6.09. The maximum atomic E-state index is 6.09. The van der Waals surface area contributed by atoms with Crippen LogP contribution >= 0.6 is 46.4 Å². The minimum absolute atomic E-state index is 0.471. The molecule has 0 fully saturated rings. The Labute approximate surface area is 84.8 Å². The Balaban J connectivity index is 2.58. The minimum Gasteiger partial charge on any atom is -0.108 e. The molecule has 2 aliphatic rings. The normalized spacial score (nSPS) is 47.6. The summed E-state index contributed by atoms with van der Waals surface area (Å²) >= 11 is 23.9. The van der Waals surface area contributed by atoms with E-state index in [4.69, 9.17) is 46.4 Å². The van der Waals surface area contributed by atoms with Crippen LogP contribution in [0.3, 0.4) is 0 Å². The fraction of sp³-hybridized carbons (Fsp3) is 0.429. The standard InChI is InChI=1S/C7H4Cl4/c8-4-5(9)7(11)2-1-6(4,10)3-7/h1-2H,3H2. The third-order valence-corrected chi connectivity index (χ3v) is 4.29. The van der Waals surface area contributed by atoms with Crippen LogP contribution < -0.4 is 0 Å². The van der Waals surface area contributed by atoms with E-state index in [1.807, 2.05) is 0 Å². The van der Waals surface area contributed by atoms with Crippen LogP contribution in [-0.4, -0.2) is 9.75 Å². The maximum Gasteiger partial charge on any atom is 0.102 e. The summed E-state index contributed by atoms with van der Waals surface area (Å²) in [5, 5.41) is 0.941. The Morgan fingerprint density at radius 1 is 1.00 bits per heavy atom. The summed E-state index contributed by atoms with van der Waals surface area (Å²) in [4.78, 5) is -1.25. The molecule has 2 rings (SSSR count). The molecule has 2 aliphatic carbocycles. The third kappa shape index (κ3) is 0.904. The number of hydrogen-bond acceptors (Lipinski definition) is 0. The molecule has 0 saturated heterocycles. The van der Waals surface area contributed by atoms with Crippen LogP contribution in [0, 0.1) is 0 Å². The molecule has 0 nitrogen and oxygen atoms in total. The fourth-order valence-corrected chi connectivity index (χ4v) is 2.92. The molecule has 0 heterocycles. The molecule has 2 atom stereocenters. The van der Waals surface area contributed by atoms with Crippen molar-refractivity contribution in [2.24, 2.45) is 0 Å². The Hall–Kier alpha value is 0.640. The molecule has 0 aliphatic heterocycles. The van der Waals surface area contributed by atoms with Gasteiger partial charge in [0.05, 0.1) is 10.1 Å². The number of rotatable bonds is 0. The van der Waals surface area contributed by atoms with Crippen molar-refractivity contribution in [3.8, 4) is 0 Å². The zero-order valence-corrected chi connectivity index (χ0v) is 8.40. The lowest BCUT2D eigenvalue weighted by Gasteiger charge is -2.13. The van der Waals surface area contributed by atoms with Gasteiger partial charge in [-0.3, -0.25) is 0 Å². The second-order valence-electron chi connectivity index (χ2n) is 2.86. The summed E-state index contributed by atoms with van der Waals surface area (Å²) in [7, 11) is 0. The van der Waals surface area contributed by atoms with Crippen LogP contribution in [0.5, 0.6) is 0 Å². The van der Waals surface area contributed by atoms with E-state index in [9.17, 15) is 0 Å². The van der Waals surface area contributed by atoms with Gasteiger partial charge in [0.15, 0.2) is 0 Å². The van der Waals surface area contributed by atoms with Gasteiger partial charge in [-0.2, -0.15) is 0 Å². The van der Waals surface area contributed by atoms with Crippen LogP contribution in [0.1, 0.15) is 6.42 Å². The van der Waals surface area contributed by atoms with E-state index in [0.717, 1.165) is 0 Å². The van der Waals surface area contributed by atoms with Crippen LogP contribution in [0.2, 0.25) is 0 Å². The van der Waals surface area contributed by atoms with Crippen molar-refractivity contribution in [1.29, 1.82) is 0 Å². The van der Waals surface area contributed by atoms with Gasteiger partial charge in [-0.25, -0.2) is 0 Å². The zero-order valence-electron chi connectivity index (χ0n) is 5.37. The summed E-state index contributed by atoms with van der Waals surface area (Å²) in [6, 6.07) is 0. The van der Waals surface area contributed by atoms with Crippen molar-refractivity contribution in [1.82, 2.24) is 0 Å². The Morgan fingerprint density at radius 3 is 1.55 bits per heavy atom. The predicted octanol–water partition coefficient (Wildman–Crippen LogP) is 3.60. The van der Waals surface area contributed by atoms with E-state index < -0.39 is 9.75 Å². The molecule has 0 aromatic carbocycles. The molecule has 0 aromatic rings. The van der Waals surface area contributed by atoms with Crippen LogP contribution in [0.4, 0.5) is 0 Å². The van der Waals surface area contributed by atoms with E-state index in [0.29, 0.717) is 16.5 Å². The summed E-state index contributed by atoms with van der Waals surface area (Å²) in [6.07, 6.45) is 4.17. The van der Waals surface area contributed by atoms with Gasteiger partial charge in [0, 0.05) is 6.42 Å². The molecule has 11 heavy (non-hydrogen) atoms. The van der Waals surface area contributed by atoms with E-state index in [2.05, 4.69) is 0 Å². The van der Waals surface area contributed by atoms with Crippen LogP contribution in [0.25, 0.3) is 0 Å². The lowest BCUT2D eigenvalue weighted by Crippen LogP contribution is -2.14. The number of fused-ring (bicyclic) bond motifs is 2. The monoisotopic (exact) mass is 228 g/mol. The van der Waals surface area contributed by atoms with Crippen molar-refractivity contribution in [2.45, 2.75) is 16.2 Å². The number of allylic oxidation sites excluding steroid dienone is 4. The van der Waals surface area contributed by atoms with Crippen LogP contribution in [-0.2, 0) is 0 Å². The number of halogens is 4. The molecule has 0 spiro atoms. The highest BCUT2D eigenvalue weighted by Gasteiger charge is 2.53. The predicted molar refractivity (Wildman–Crippen MR) is 49.7 cm³/mol. The second-order valence-corrected chi connectivity index (χ2v) is 4.97. The summed E-state index contributed by atoms with van der Waals surface area (Å²) in [6.45, 7) is 0. The largest absolute Gasteiger partial charge is 0.108 e. The molecule has 2 bridgehead atoms. The van der Waals surface area contributed by atoms with Crippen molar-refractivity contribution < 1.29 is 0 Å². The lowest BCUT2D eigenvalue weighted by molar-refractivity contribution is 0.778. The first-order valence-corrected chi connectivity index (χ1v) is 4.64. The average molecular weight is 230 g/mol. The Bertz CT molecular complexity index is 254. The Morgan fingerprint density at radius 2 is 1.36 bits per heavy atom. The van der Waals surface area contributed by atoms with E-state index >= 15 is 0 Å². The summed E-state index contributed by atoms with van der Waals surface area (Å²) in [5.41, 5.74) is 0. The topological polar surface area (TPSA) is 0 Å². The summed E-state index contributed by atoms with van der Waals surface area (Å²) < 4.78 is 0. The van der Waals surface area contributed by atoms with E-state index in [-0.39, 0.29) is 0 Å². The van der Waals surface area contributed by atoms with Gasteiger partial charge in [0.2, 0.25) is 0 Å². The highest BCUT2D eigenvalue weighted by Crippen LogP contribution is 2.58. The quantitative estimate of drug-likeness (QED) is 0.440. The summed E-state index contributed by atoms with van der Waals surface area (Å²) in [5.74, 6) is 0. The number of alkyl halides is 2. The first-order chi connectivity index (χ1) is 4.98. The molecule has 0 amide bonds. The molecular weight excluding hydrogens is 226 g/mol. The molecule has 60 valence electrons. The van der Waals surface area contributed by atoms with Gasteiger partial charge in [0.1, 0.15) is 9.75 Å². The lowest BCUT2D eigenvalue weighted by atomic mass is 10.1. The fourth-order valence-electron chi connectivity index (χ4n) is 1.42. The molecule has 0 saturated carbocycles. The van der Waals surface area contributed by atoms with Crippen molar-refractivity contribution >= 4 is 46.4 Å². The number of hydrogen-bond donors (Lipinski definition) is 0. The minimum atomic E-state index is -0.625. The molecule has 0 radical (unpaired) electrons. The first kappa shape index (κ1) is 8.25. The first-order valence-electron chi connectivity index (χ1n) is 3.12. The van der Waals surface area contributed by atoms with Gasteiger partial charge < -0.3 is 0 Å². The smallest absolute Gasteiger partial charge is 0.102 e. The molecule has 0 aromatic heterocycles.